The van der Waals surface area contributed by atoms with Gasteiger partial charge in [0.1, 0.15) is 18.5 Å². The summed E-state index contributed by atoms with van der Waals surface area (Å²) in [4.78, 5) is 11.6. The van der Waals surface area contributed by atoms with E-state index in [9.17, 15) is 4.79 Å². The van der Waals surface area contributed by atoms with E-state index in [1.54, 1.807) is 37.3 Å². The van der Waals surface area contributed by atoms with Crippen molar-refractivity contribution < 1.29 is 23.4 Å². The summed E-state index contributed by atoms with van der Waals surface area (Å²) >= 11 is 6.03. The molecule has 0 atom stereocenters. The summed E-state index contributed by atoms with van der Waals surface area (Å²) in [7, 11) is 0. The lowest BCUT2D eigenvalue weighted by atomic mass is 10.2. The molecule has 7 heteroatoms. The number of esters is 1. The fourth-order valence-electron chi connectivity index (χ4n) is 2.13. The molecular formula is C17H18ClNO5. The molecule has 1 aliphatic heterocycles. The third kappa shape index (κ3) is 4.01. The van der Waals surface area contributed by atoms with Crippen molar-refractivity contribution in [3.05, 3.63) is 46.9 Å². The van der Waals surface area contributed by atoms with Crippen LogP contribution >= 0.6 is 11.6 Å². The highest BCUT2D eigenvalue weighted by Gasteiger charge is 2.20. The first-order valence-electron chi connectivity index (χ1n) is 7.71. The molecule has 6 nitrogen and oxygen atoms in total. The molecular weight excluding hydrogens is 334 g/mol. The van der Waals surface area contributed by atoms with Crippen molar-refractivity contribution in [1.82, 2.24) is 5.32 Å². The zero-order valence-corrected chi connectivity index (χ0v) is 14.0. The predicted molar refractivity (Wildman–Crippen MR) is 87.7 cm³/mol. The van der Waals surface area contributed by atoms with Crippen molar-refractivity contribution in [3.8, 4) is 11.5 Å². The maximum absolute atomic E-state index is 11.6. The van der Waals surface area contributed by atoms with E-state index >= 15 is 0 Å². The number of carbonyl (C=O) groups is 1. The van der Waals surface area contributed by atoms with Crippen molar-refractivity contribution in [2.45, 2.75) is 19.6 Å². The molecule has 0 bridgehead atoms. The summed E-state index contributed by atoms with van der Waals surface area (Å²) in [6, 6.07) is 8.45. The van der Waals surface area contributed by atoms with Gasteiger partial charge in [-0.05, 0) is 31.2 Å². The van der Waals surface area contributed by atoms with Crippen molar-refractivity contribution >= 4 is 17.6 Å². The molecule has 0 saturated carbocycles. The molecule has 2 heterocycles. The Morgan fingerprint density at radius 1 is 1.29 bits per heavy atom. The predicted octanol–water partition coefficient (Wildman–Crippen LogP) is 3.04. The standard InChI is InChI=1S/C17H18ClNO5/c1-2-21-17(20)15-6-4-12(23-15)10-22-14-5-3-11(18)7-16(14)24-13-8-19-9-13/h3-7,13,19H,2,8-10H2,1H3. The van der Waals surface area contributed by atoms with Gasteiger partial charge in [0, 0.05) is 24.2 Å². The number of carbonyl (C=O) groups excluding carboxylic acids is 1. The first kappa shape index (κ1) is 16.7. The topological polar surface area (TPSA) is 69.9 Å². The largest absolute Gasteiger partial charge is 0.484 e. The fraction of sp³-hybridized carbons (Fsp3) is 0.353. The Bertz CT molecular complexity index is 711. The van der Waals surface area contributed by atoms with Crippen LogP contribution in [0.1, 0.15) is 23.2 Å². The summed E-state index contributed by atoms with van der Waals surface area (Å²) in [5, 5.41) is 3.72. The minimum atomic E-state index is -0.489. The zero-order valence-electron chi connectivity index (χ0n) is 13.2. The van der Waals surface area contributed by atoms with Gasteiger partial charge < -0.3 is 23.9 Å². The van der Waals surface area contributed by atoms with E-state index in [0.29, 0.717) is 28.9 Å². The van der Waals surface area contributed by atoms with E-state index in [1.807, 2.05) is 0 Å². The van der Waals surface area contributed by atoms with E-state index < -0.39 is 5.97 Å². The highest BCUT2D eigenvalue weighted by Crippen LogP contribution is 2.32. The summed E-state index contributed by atoms with van der Waals surface area (Å²) in [5.74, 6) is 1.34. The summed E-state index contributed by atoms with van der Waals surface area (Å²) in [6.45, 7) is 3.80. The van der Waals surface area contributed by atoms with E-state index in [0.717, 1.165) is 13.1 Å². The maximum Gasteiger partial charge on any atom is 0.374 e. The van der Waals surface area contributed by atoms with Gasteiger partial charge in [0.25, 0.3) is 0 Å². The van der Waals surface area contributed by atoms with Crippen molar-refractivity contribution in [2.75, 3.05) is 19.7 Å². The molecule has 1 aliphatic rings. The second kappa shape index (κ2) is 7.59. The molecule has 1 fully saturated rings. The average Bonchev–Trinajstić information content (AvgIpc) is 2.99. The number of nitrogens with one attached hydrogen (secondary N) is 1. The number of hydrogen-bond donors (Lipinski definition) is 1. The molecule has 0 spiro atoms. The number of rotatable bonds is 7. The first-order chi connectivity index (χ1) is 11.7. The third-order valence-electron chi connectivity index (χ3n) is 3.45. The highest BCUT2D eigenvalue weighted by atomic mass is 35.5. The lowest BCUT2D eigenvalue weighted by molar-refractivity contribution is 0.0485. The van der Waals surface area contributed by atoms with Crippen LogP contribution in [-0.2, 0) is 11.3 Å². The van der Waals surface area contributed by atoms with Crippen LogP contribution in [0.3, 0.4) is 0 Å². The Kier molecular flexibility index (Phi) is 5.27. The van der Waals surface area contributed by atoms with Gasteiger partial charge >= 0.3 is 5.97 Å². The maximum atomic E-state index is 11.6. The van der Waals surface area contributed by atoms with Crippen molar-refractivity contribution in [2.24, 2.45) is 0 Å². The molecule has 2 aromatic rings. The smallest absolute Gasteiger partial charge is 0.374 e. The summed E-state index contributed by atoms with van der Waals surface area (Å²) in [6.07, 6.45) is 0.116. The van der Waals surface area contributed by atoms with E-state index in [2.05, 4.69) is 5.32 Å². The Balaban J connectivity index is 1.64. The Labute approximate surface area is 144 Å². The second-order valence-corrected chi connectivity index (χ2v) is 5.70. The molecule has 128 valence electrons. The number of hydrogen-bond acceptors (Lipinski definition) is 6. The van der Waals surface area contributed by atoms with Gasteiger partial charge in [-0.25, -0.2) is 4.79 Å². The minimum Gasteiger partial charge on any atom is -0.484 e. The van der Waals surface area contributed by atoms with Crippen molar-refractivity contribution in [3.63, 3.8) is 0 Å². The quantitative estimate of drug-likeness (QED) is 0.773. The van der Waals surface area contributed by atoms with Gasteiger partial charge in [-0.1, -0.05) is 11.6 Å². The summed E-state index contributed by atoms with van der Waals surface area (Å²) in [5.41, 5.74) is 0. The number of halogens is 1. The fourth-order valence-corrected chi connectivity index (χ4v) is 2.30. The molecule has 1 N–H and O–H groups in total. The molecule has 3 rings (SSSR count). The Hall–Kier alpha value is -2.18. The van der Waals surface area contributed by atoms with Crippen LogP contribution < -0.4 is 14.8 Å². The van der Waals surface area contributed by atoms with Crippen LogP contribution in [-0.4, -0.2) is 31.8 Å². The molecule has 1 aromatic carbocycles. The van der Waals surface area contributed by atoms with Gasteiger partial charge in [-0.15, -0.1) is 0 Å². The van der Waals surface area contributed by atoms with Crippen molar-refractivity contribution in [1.29, 1.82) is 0 Å². The Morgan fingerprint density at radius 3 is 2.83 bits per heavy atom. The number of benzene rings is 1. The monoisotopic (exact) mass is 351 g/mol. The first-order valence-corrected chi connectivity index (χ1v) is 8.09. The molecule has 0 radical (unpaired) electrons. The third-order valence-corrected chi connectivity index (χ3v) is 3.69. The molecule has 1 saturated heterocycles. The van der Waals surface area contributed by atoms with Crippen LogP contribution in [0.15, 0.2) is 34.7 Å². The molecule has 0 aliphatic carbocycles. The number of ether oxygens (including phenoxy) is 3. The van der Waals surface area contributed by atoms with Crippen LogP contribution in [0, 0.1) is 0 Å². The normalized spacial score (nSPS) is 14.1. The Morgan fingerprint density at radius 2 is 2.12 bits per heavy atom. The minimum absolute atomic E-state index is 0.116. The SMILES string of the molecule is CCOC(=O)c1ccc(COc2ccc(Cl)cc2OC2CNC2)o1. The van der Waals surface area contributed by atoms with E-state index in [1.165, 1.54) is 0 Å². The number of furan rings is 1. The van der Waals surface area contributed by atoms with Gasteiger partial charge in [0.2, 0.25) is 5.76 Å². The lowest BCUT2D eigenvalue weighted by Crippen LogP contribution is -2.50. The van der Waals surface area contributed by atoms with Gasteiger partial charge in [0.05, 0.1) is 6.61 Å². The second-order valence-electron chi connectivity index (χ2n) is 5.26. The molecule has 0 amide bonds. The molecule has 0 unspecified atom stereocenters. The van der Waals surface area contributed by atoms with Crippen LogP contribution in [0.2, 0.25) is 5.02 Å². The lowest BCUT2D eigenvalue weighted by Gasteiger charge is -2.28. The van der Waals surface area contributed by atoms with E-state index in [-0.39, 0.29) is 18.5 Å². The molecule has 1 aromatic heterocycles. The van der Waals surface area contributed by atoms with E-state index in [4.69, 9.17) is 30.2 Å². The molecule has 24 heavy (non-hydrogen) atoms. The van der Waals surface area contributed by atoms with Gasteiger partial charge in [-0.2, -0.15) is 0 Å². The zero-order chi connectivity index (χ0) is 16.9. The summed E-state index contributed by atoms with van der Waals surface area (Å²) < 4.78 is 21.9. The van der Waals surface area contributed by atoms with Crippen LogP contribution in [0.4, 0.5) is 0 Å². The van der Waals surface area contributed by atoms with Crippen LogP contribution in [0.5, 0.6) is 11.5 Å². The van der Waals surface area contributed by atoms with Crippen LogP contribution in [0.25, 0.3) is 0 Å². The van der Waals surface area contributed by atoms with Gasteiger partial charge in [-0.3, -0.25) is 0 Å². The average molecular weight is 352 g/mol. The van der Waals surface area contributed by atoms with Gasteiger partial charge in [0.15, 0.2) is 11.5 Å². The highest BCUT2D eigenvalue weighted by molar-refractivity contribution is 6.30.